The van der Waals surface area contributed by atoms with E-state index in [4.69, 9.17) is 9.15 Å². The molecule has 3 rings (SSSR count). The fraction of sp³-hybridized carbons (Fsp3) is 0.312. The summed E-state index contributed by atoms with van der Waals surface area (Å²) < 4.78 is 11.8. The highest BCUT2D eigenvalue weighted by Gasteiger charge is 2.24. The van der Waals surface area contributed by atoms with E-state index in [1.165, 1.54) is 0 Å². The number of hydrogen-bond donors (Lipinski definition) is 1. The number of nitrogens with one attached hydrogen (secondary N) is 1. The zero-order valence-corrected chi connectivity index (χ0v) is 13.1. The van der Waals surface area contributed by atoms with E-state index in [0.717, 1.165) is 28.0 Å². The number of para-hydroxylation sites is 1. The van der Waals surface area contributed by atoms with Gasteiger partial charge >= 0.3 is 0 Å². The average Bonchev–Trinajstić information content (AvgIpc) is 3.00. The number of amides is 1. The molecule has 110 valence electrons. The summed E-state index contributed by atoms with van der Waals surface area (Å²) in [6, 6.07) is 9.62. The van der Waals surface area contributed by atoms with E-state index in [2.05, 4.69) is 21.2 Å². The average molecular weight is 350 g/mol. The van der Waals surface area contributed by atoms with Crippen LogP contribution in [0.1, 0.15) is 30.2 Å². The molecule has 1 aliphatic heterocycles. The summed E-state index contributed by atoms with van der Waals surface area (Å²) >= 11 is 3.48. The molecule has 2 heterocycles. The molecule has 0 saturated heterocycles. The van der Waals surface area contributed by atoms with Crippen molar-refractivity contribution in [1.82, 2.24) is 5.32 Å². The first-order valence-corrected chi connectivity index (χ1v) is 7.76. The Balaban J connectivity index is 1.63. The zero-order valence-electron chi connectivity index (χ0n) is 11.5. The van der Waals surface area contributed by atoms with Gasteiger partial charge in [-0.3, -0.25) is 4.79 Å². The summed E-state index contributed by atoms with van der Waals surface area (Å²) in [5.74, 6) is 1.70. The second-order valence-corrected chi connectivity index (χ2v) is 5.85. The van der Waals surface area contributed by atoms with Crippen LogP contribution in [0.4, 0.5) is 0 Å². The first-order valence-electron chi connectivity index (χ1n) is 6.97. The van der Waals surface area contributed by atoms with Gasteiger partial charge in [-0.05, 0) is 34.1 Å². The number of benzene rings is 1. The van der Waals surface area contributed by atoms with Gasteiger partial charge in [0.25, 0.3) is 0 Å². The van der Waals surface area contributed by atoms with E-state index in [0.29, 0.717) is 19.4 Å². The SMILES string of the molecule is O=C(CCc1ccco1)NC1CCOc2c(Br)cccc21. The van der Waals surface area contributed by atoms with Crippen molar-refractivity contribution < 1.29 is 13.9 Å². The zero-order chi connectivity index (χ0) is 14.7. The molecule has 5 heteroatoms. The molecule has 1 aliphatic rings. The number of hydrogen-bond acceptors (Lipinski definition) is 3. The van der Waals surface area contributed by atoms with Gasteiger partial charge in [-0.15, -0.1) is 0 Å². The molecule has 1 unspecified atom stereocenters. The number of aryl methyl sites for hydroxylation is 1. The standard InChI is InChI=1S/C16H16BrNO3/c17-13-5-1-4-12-14(8-10-21-16(12)13)18-15(19)7-6-11-3-2-9-20-11/h1-5,9,14H,6-8,10H2,(H,18,19). The number of rotatable bonds is 4. The third-order valence-electron chi connectivity index (χ3n) is 3.54. The second kappa shape index (κ2) is 6.35. The molecule has 1 aromatic heterocycles. The molecular weight excluding hydrogens is 334 g/mol. The van der Waals surface area contributed by atoms with E-state index in [9.17, 15) is 4.79 Å². The smallest absolute Gasteiger partial charge is 0.220 e. The molecule has 2 aromatic rings. The summed E-state index contributed by atoms with van der Waals surface area (Å²) in [4.78, 5) is 12.1. The molecule has 0 radical (unpaired) electrons. The predicted molar refractivity (Wildman–Crippen MR) is 82.2 cm³/mol. The molecule has 4 nitrogen and oxygen atoms in total. The quantitative estimate of drug-likeness (QED) is 0.917. The highest BCUT2D eigenvalue weighted by molar-refractivity contribution is 9.10. The van der Waals surface area contributed by atoms with Gasteiger partial charge < -0.3 is 14.5 Å². The van der Waals surface area contributed by atoms with Crippen LogP contribution in [-0.4, -0.2) is 12.5 Å². The van der Waals surface area contributed by atoms with E-state index < -0.39 is 0 Å². The molecule has 0 aliphatic carbocycles. The fourth-order valence-electron chi connectivity index (χ4n) is 2.49. The maximum absolute atomic E-state index is 12.1. The number of fused-ring (bicyclic) bond motifs is 1. The van der Waals surface area contributed by atoms with Gasteiger partial charge in [0.05, 0.1) is 23.4 Å². The number of furan rings is 1. The predicted octanol–water partition coefficient (Wildman–Crippen LogP) is 3.61. The lowest BCUT2D eigenvalue weighted by Gasteiger charge is -2.27. The molecule has 1 aromatic carbocycles. The van der Waals surface area contributed by atoms with Crippen LogP contribution in [0.2, 0.25) is 0 Å². The summed E-state index contributed by atoms with van der Waals surface area (Å²) in [5, 5.41) is 3.08. The number of carbonyl (C=O) groups is 1. The van der Waals surface area contributed by atoms with Gasteiger partial charge in [0.2, 0.25) is 5.91 Å². The Morgan fingerprint density at radius 3 is 3.05 bits per heavy atom. The maximum Gasteiger partial charge on any atom is 0.220 e. The third-order valence-corrected chi connectivity index (χ3v) is 4.16. The Morgan fingerprint density at radius 1 is 1.33 bits per heavy atom. The lowest BCUT2D eigenvalue weighted by Crippen LogP contribution is -2.32. The first kappa shape index (κ1) is 14.2. The Hall–Kier alpha value is -1.75. The Bertz CT molecular complexity index is 624. The first-order chi connectivity index (χ1) is 10.2. The van der Waals surface area contributed by atoms with Gasteiger partial charge in [0.15, 0.2) is 0 Å². The van der Waals surface area contributed by atoms with Crippen LogP contribution in [0.15, 0.2) is 45.5 Å². The minimum absolute atomic E-state index is 0.00958. The Morgan fingerprint density at radius 2 is 2.24 bits per heavy atom. The molecule has 1 amide bonds. The minimum atomic E-state index is 0.00958. The van der Waals surface area contributed by atoms with Crippen LogP contribution in [0.3, 0.4) is 0 Å². The summed E-state index contributed by atoms with van der Waals surface area (Å²) in [7, 11) is 0. The van der Waals surface area contributed by atoms with Crippen LogP contribution in [-0.2, 0) is 11.2 Å². The van der Waals surface area contributed by atoms with Crippen LogP contribution in [0.25, 0.3) is 0 Å². The van der Waals surface area contributed by atoms with Crippen molar-refractivity contribution in [3.05, 3.63) is 52.4 Å². The van der Waals surface area contributed by atoms with Crippen molar-refractivity contribution in [3.8, 4) is 5.75 Å². The summed E-state index contributed by atoms with van der Waals surface area (Å²) in [6.07, 6.45) is 3.46. The molecule has 0 saturated carbocycles. The van der Waals surface area contributed by atoms with Crippen molar-refractivity contribution in [2.45, 2.75) is 25.3 Å². The monoisotopic (exact) mass is 349 g/mol. The van der Waals surface area contributed by atoms with Crippen LogP contribution in [0, 0.1) is 0 Å². The van der Waals surface area contributed by atoms with Crippen molar-refractivity contribution in [2.24, 2.45) is 0 Å². The van der Waals surface area contributed by atoms with E-state index in [1.54, 1.807) is 6.26 Å². The summed E-state index contributed by atoms with van der Waals surface area (Å²) in [5.41, 5.74) is 1.03. The van der Waals surface area contributed by atoms with E-state index >= 15 is 0 Å². The van der Waals surface area contributed by atoms with Gasteiger partial charge in [0, 0.05) is 24.8 Å². The number of ether oxygens (including phenoxy) is 1. The fourth-order valence-corrected chi connectivity index (χ4v) is 2.99. The van der Waals surface area contributed by atoms with Crippen LogP contribution < -0.4 is 10.1 Å². The van der Waals surface area contributed by atoms with Gasteiger partial charge in [-0.2, -0.15) is 0 Å². The highest BCUT2D eigenvalue weighted by Crippen LogP contribution is 2.37. The molecule has 1 atom stereocenters. The highest BCUT2D eigenvalue weighted by atomic mass is 79.9. The Kier molecular flexibility index (Phi) is 4.29. The van der Waals surface area contributed by atoms with Gasteiger partial charge in [-0.1, -0.05) is 12.1 Å². The third kappa shape index (κ3) is 3.29. The van der Waals surface area contributed by atoms with Crippen molar-refractivity contribution >= 4 is 21.8 Å². The maximum atomic E-state index is 12.1. The lowest BCUT2D eigenvalue weighted by molar-refractivity contribution is -0.122. The van der Waals surface area contributed by atoms with Crippen LogP contribution in [0.5, 0.6) is 5.75 Å². The van der Waals surface area contributed by atoms with Crippen molar-refractivity contribution in [2.75, 3.05) is 6.61 Å². The topological polar surface area (TPSA) is 51.5 Å². The van der Waals surface area contributed by atoms with Crippen molar-refractivity contribution in [3.63, 3.8) is 0 Å². The van der Waals surface area contributed by atoms with E-state index in [-0.39, 0.29) is 11.9 Å². The lowest BCUT2D eigenvalue weighted by atomic mass is 10.0. The van der Waals surface area contributed by atoms with Gasteiger partial charge in [-0.25, -0.2) is 0 Å². The van der Waals surface area contributed by atoms with Crippen molar-refractivity contribution in [1.29, 1.82) is 0 Å². The Labute approximate surface area is 131 Å². The molecule has 1 N–H and O–H groups in total. The minimum Gasteiger partial charge on any atom is -0.492 e. The molecule has 0 fully saturated rings. The molecule has 0 spiro atoms. The summed E-state index contributed by atoms with van der Waals surface area (Å²) in [6.45, 7) is 0.610. The normalized spacial score (nSPS) is 16.9. The molecule has 0 bridgehead atoms. The molecule has 21 heavy (non-hydrogen) atoms. The molecular formula is C16H16BrNO3. The largest absolute Gasteiger partial charge is 0.492 e. The van der Waals surface area contributed by atoms with E-state index in [1.807, 2.05) is 30.3 Å². The second-order valence-electron chi connectivity index (χ2n) is 4.99. The van der Waals surface area contributed by atoms with Crippen LogP contribution >= 0.6 is 15.9 Å². The number of halogens is 1. The number of carbonyl (C=O) groups excluding carboxylic acids is 1. The van der Waals surface area contributed by atoms with Gasteiger partial charge in [0.1, 0.15) is 11.5 Å².